The van der Waals surface area contributed by atoms with E-state index in [4.69, 9.17) is 19.2 Å². The first-order chi connectivity index (χ1) is 9.46. The number of fused-ring (bicyclic) bond motifs is 2. The van der Waals surface area contributed by atoms with Crippen LogP contribution in [-0.2, 0) is 24.0 Å². The van der Waals surface area contributed by atoms with Crippen molar-refractivity contribution in [1.29, 1.82) is 0 Å². The van der Waals surface area contributed by atoms with Gasteiger partial charge in [-0.25, -0.2) is 9.78 Å². The van der Waals surface area contributed by atoms with Crippen LogP contribution in [0.15, 0.2) is 0 Å². The van der Waals surface area contributed by atoms with Crippen molar-refractivity contribution in [2.45, 2.75) is 64.1 Å². The molecule has 4 aliphatic heterocycles. The molecule has 0 amide bonds. The van der Waals surface area contributed by atoms with E-state index in [9.17, 15) is 4.79 Å². The van der Waals surface area contributed by atoms with Crippen LogP contribution in [0.1, 0.15) is 46.5 Å². The number of rotatable bonds is 0. The number of ether oxygens (including phenoxy) is 2. The molecule has 1 aliphatic carbocycles. The van der Waals surface area contributed by atoms with Gasteiger partial charge in [0.1, 0.15) is 0 Å². The average molecular weight is 282 g/mol. The quantitative estimate of drug-likeness (QED) is 0.504. The lowest BCUT2D eigenvalue weighted by atomic mass is 9.58. The minimum atomic E-state index is -0.793. The summed E-state index contributed by atoms with van der Waals surface area (Å²) in [5.41, 5.74) is -0.610. The normalized spacial score (nSPS) is 57.8. The highest BCUT2D eigenvalue weighted by molar-refractivity contribution is 5.74. The second-order valence-electron chi connectivity index (χ2n) is 7.14. The molecule has 0 aromatic rings. The zero-order valence-electron chi connectivity index (χ0n) is 12.3. The Bertz CT molecular complexity index is 452. The van der Waals surface area contributed by atoms with E-state index in [2.05, 4.69) is 6.92 Å². The summed E-state index contributed by atoms with van der Waals surface area (Å²) >= 11 is 0. The van der Waals surface area contributed by atoms with Gasteiger partial charge in [0.15, 0.2) is 5.60 Å². The fourth-order valence-corrected chi connectivity index (χ4v) is 4.76. The van der Waals surface area contributed by atoms with Crippen molar-refractivity contribution in [2.75, 3.05) is 0 Å². The van der Waals surface area contributed by atoms with Crippen LogP contribution in [-0.4, -0.2) is 23.6 Å². The molecule has 20 heavy (non-hydrogen) atoms. The van der Waals surface area contributed by atoms with Crippen LogP contribution in [0.2, 0.25) is 0 Å². The summed E-state index contributed by atoms with van der Waals surface area (Å²) in [5, 5.41) is 0. The largest absolute Gasteiger partial charge is 0.432 e. The Morgan fingerprint density at radius 2 is 1.90 bits per heavy atom. The number of carbonyl (C=O) groups excluding carboxylic acids is 1. The zero-order valence-corrected chi connectivity index (χ0v) is 12.3. The Morgan fingerprint density at radius 3 is 2.70 bits per heavy atom. The van der Waals surface area contributed by atoms with Gasteiger partial charge in [0, 0.05) is 18.3 Å². The molecule has 5 fully saturated rings. The Labute approximate surface area is 118 Å². The van der Waals surface area contributed by atoms with Gasteiger partial charge in [0.05, 0.1) is 5.92 Å². The number of hydrogen-bond acceptors (Lipinski definition) is 5. The van der Waals surface area contributed by atoms with Crippen LogP contribution in [0, 0.1) is 23.7 Å². The molecule has 5 aliphatic rings. The van der Waals surface area contributed by atoms with Gasteiger partial charge in [-0.15, -0.1) is 0 Å². The van der Waals surface area contributed by atoms with E-state index in [1.807, 2.05) is 13.8 Å². The fourth-order valence-electron chi connectivity index (χ4n) is 4.76. The van der Waals surface area contributed by atoms with Crippen LogP contribution in [0.3, 0.4) is 0 Å². The van der Waals surface area contributed by atoms with Gasteiger partial charge in [0.2, 0.25) is 12.1 Å². The van der Waals surface area contributed by atoms with Crippen LogP contribution in [0.25, 0.3) is 0 Å². The summed E-state index contributed by atoms with van der Waals surface area (Å²) in [5.74, 6) is -0.137. The Kier molecular flexibility index (Phi) is 2.58. The third-order valence-corrected chi connectivity index (χ3v) is 5.97. The lowest BCUT2D eigenvalue weighted by Crippen LogP contribution is -2.69. The molecule has 4 saturated heterocycles. The molecule has 1 spiro atoms. The second kappa shape index (κ2) is 3.96. The third kappa shape index (κ3) is 1.46. The van der Waals surface area contributed by atoms with Crippen LogP contribution >= 0.6 is 0 Å². The van der Waals surface area contributed by atoms with Gasteiger partial charge in [0.25, 0.3) is 0 Å². The minimum absolute atomic E-state index is 0.123. The van der Waals surface area contributed by atoms with E-state index in [0.717, 1.165) is 25.7 Å². The van der Waals surface area contributed by atoms with Crippen LogP contribution in [0.4, 0.5) is 0 Å². The predicted octanol–water partition coefficient (Wildman–Crippen LogP) is 2.39. The fraction of sp³-hybridized carbons (Fsp3) is 0.933. The monoisotopic (exact) mass is 282 g/mol. The molecule has 0 unspecified atom stereocenters. The maximum atomic E-state index is 12.1. The summed E-state index contributed by atoms with van der Waals surface area (Å²) in [7, 11) is 0. The molecule has 7 atom stereocenters. The smallest absolute Gasteiger partial charge is 0.311 e. The average Bonchev–Trinajstić information content (AvgIpc) is 2.63. The first kappa shape index (κ1) is 13.0. The highest BCUT2D eigenvalue weighted by Gasteiger charge is 2.69. The second-order valence-corrected chi connectivity index (χ2v) is 7.14. The van der Waals surface area contributed by atoms with Crippen molar-refractivity contribution in [3.63, 3.8) is 0 Å². The summed E-state index contributed by atoms with van der Waals surface area (Å²) in [6.45, 7) is 6.06. The molecule has 112 valence electrons. The SMILES string of the molecule is C[C@@H]1C(=O)O[C@@H]2O[C@@]3(C)CC[C@H]4[C@@H](C)CC[C@@H]1[C@@]24OO3. The van der Waals surface area contributed by atoms with Gasteiger partial charge in [-0.2, -0.15) is 0 Å². The number of esters is 1. The van der Waals surface area contributed by atoms with Gasteiger partial charge in [-0.3, -0.25) is 4.79 Å². The Morgan fingerprint density at radius 1 is 1.10 bits per heavy atom. The molecule has 5 nitrogen and oxygen atoms in total. The maximum Gasteiger partial charge on any atom is 0.311 e. The molecular weight excluding hydrogens is 260 g/mol. The van der Waals surface area contributed by atoms with E-state index in [1.54, 1.807) is 0 Å². The molecule has 0 radical (unpaired) electrons. The van der Waals surface area contributed by atoms with Crippen molar-refractivity contribution in [2.24, 2.45) is 23.7 Å². The van der Waals surface area contributed by atoms with E-state index in [0.29, 0.717) is 11.8 Å². The van der Waals surface area contributed by atoms with E-state index >= 15 is 0 Å². The van der Waals surface area contributed by atoms with Gasteiger partial charge in [-0.1, -0.05) is 13.8 Å². The third-order valence-electron chi connectivity index (χ3n) is 5.97. The highest BCUT2D eigenvalue weighted by Crippen LogP contribution is 2.59. The van der Waals surface area contributed by atoms with Crippen molar-refractivity contribution >= 4 is 5.97 Å². The van der Waals surface area contributed by atoms with E-state index < -0.39 is 17.7 Å². The maximum absolute atomic E-state index is 12.1. The van der Waals surface area contributed by atoms with Crippen molar-refractivity contribution < 1.29 is 24.0 Å². The lowest BCUT2D eigenvalue weighted by Gasteiger charge is -2.57. The van der Waals surface area contributed by atoms with Crippen molar-refractivity contribution in [3.05, 3.63) is 0 Å². The first-order valence-electron chi connectivity index (χ1n) is 7.71. The number of carbonyl (C=O) groups is 1. The van der Waals surface area contributed by atoms with Crippen molar-refractivity contribution in [1.82, 2.24) is 0 Å². The first-order valence-corrected chi connectivity index (χ1v) is 7.71. The zero-order chi connectivity index (χ0) is 14.1. The molecule has 5 rings (SSSR count). The topological polar surface area (TPSA) is 54.0 Å². The Balaban J connectivity index is 1.84. The van der Waals surface area contributed by atoms with Gasteiger partial charge in [-0.05, 0) is 32.1 Å². The van der Waals surface area contributed by atoms with E-state index in [1.165, 1.54) is 0 Å². The van der Waals surface area contributed by atoms with Gasteiger partial charge >= 0.3 is 5.97 Å². The van der Waals surface area contributed by atoms with E-state index in [-0.39, 0.29) is 17.8 Å². The molecule has 0 N–H and O–H groups in total. The molecule has 1 saturated carbocycles. The minimum Gasteiger partial charge on any atom is -0.432 e. The summed E-state index contributed by atoms with van der Waals surface area (Å²) in [4.78, 5) is 23.7. The Hall–Kier alpha value is -0.650. The van der Waals surface area contributed by atoms with Gasteiger partial charge < -0.3 is 9.47 Å². The standard InChI is InChI=1S/C15H22O5/c1-8-4-5-11-9(2)12(16)17-13-15(11)10(8)6-7-14(3,18-13)19-20-15/h8-11,13H,4-7H2,1-3H3/t8-,9-,10-,11-,13+,14+,15+/m0/s1. The lowest BCUT2D eigenvalue weighted by molar-refractivity contribution is -0.559. The highest BCUT2D eigenvalue weighted by atomic mass is 17.3. The molecule has 2 bridgehead atoms. The summed E-state index contributed by atoms with van der Waals surface area (Å²) in [6, 6.07) is 0. The van der Waals surface area contributed by atoms with Crippen LogP contribution < -0.4 is 0 Å². The molecule has 0 aromatic heterocycles. The predicted molar refractivity (Wildman–Crippen MR) is 68.0 cm³/mol. The summed E-state index contributed by atoms with van der Waals surface area (Å²) < 4.78 is 11.6. The molecule has 4 heterocycles. The summed E-state index contributed by atoms with van der Waals surface area (Å²) in [6.07, 6.45) is 3.24. The van der Waals surface area contributed by atoms with Crippen LogP contribution in [0.5, 0.6) is 0 Å². The molecular formula is C15H22O5. The number of hydrogen-bond donors (Lipinski definition) is 0. The van der Waals surface area contributed by atoms with Crippen molar-refractivity contribution in [3.8, 4) is 0 Å². The molecule has 0 aromatic carbocycles. The molecule has 5 heteroatoms.